The molecule has 0 bridgehead atoms. The number of nitriles is 1. The van der Waals surface area contributed by atoms with Crippen molar-refractivity contribution in [2.45, 2.75) is 19.3 Å². The Bertz CT molecular complexity index is 2800. The SMILES string of the molecule is CC1(C)c2ccccc2-c2c1ccc1c3ccccc3n(-c3ccc(-c4ccc(-n5c6ccccc6c6ccccc65)cc4)cc3C#N)c21. The lowest BCUT2D eigenvalue weighted by atomic mass is 9.82. The summed E-state index contributed by atoms with van der Waals surface area (Å²) in [6.07, 6.45) is 0. The molecule has 0 saturated carbocycles. The molecule has 0 atom stereocenters. The Morgan fingerprint density at radius 3 is 1.76 bits per heavy atom. The Morgan fingerprint density at radius 1 is 0.510 bits per heavy atom. The van der Waals surface area contributed by atoms with Gasteiger partial charge in [0.15, 0.2) is 0 Å². The molecule has 2 aromatic heterocycles. The van der Waals surface area contributed by atoms with E-state index in [2.05, 4.69) is 175 Å². The number of rotatable bonds is 3. The molecule has 1 aliphatic rings. The fourth-order valence-corrected chi connectivity index (χ4v) is 8.50. The average molecular weight is 626 g/mol. The van der Waals surface area contributed by atoms with Crippen molar-refractivity contribution in [1.82, 2.24) is 9.13 Å². The molecular formula is C46H31N3. The Balaban J connectivity index is 1.14. The number of aromatic nitrogens is 2. The lowest BCUT2D eigenvalue weighted by Crippen LogP contribution is -2.14. The van der Waals surface area contributed by atoms with Gasteiger partial charge in [-0.25, -0.2) is 0 Å². The van der Waals surface area contributed by atoms with E-state index in [4.69, 9.17) is 0 Å². The fraction of sp³-hybridized carbons (Fsp3) is 0.0652. The molecule has 3 nitrogen and oxygen atoms in total. The van der Waals surface area contributed by atoms with E-state index in [-0.39, 0.29) is 5.41 Å². The van der Waals surface area contributed by atoms with Gasteiger partial charge in [0, 0.05) is 38.2 Å². The third-order valence-electron chi connectivity index (χ3n) is 10.8. The quantitative estimate of drug-likeness (QED) is 0.192. The average Bonchev–Trinajstić information content (AvgIpc) is 3.75. The van der Waals surface area contributed by atoms with Crippen molar-refractivity contribution < 1.29 is 0 Å². The van der Waals surface area contributed by atoms with Crippen LogP contribution in [0.3, 0.4) is 0 Å². The Morgan fingerprint density at radius 2 is 1.08 bits per heavy atom. The summed E-state index contributed by atoms with van der Waals surface area (Å²) in [5, 5.41) is 15.6. The van der Waals surface area contributed by atoms with Gasteiger partial charge < -0.3 is 9.13 Å². The van der Waals surface area contributed by atoms with E-state index in [9.17, 15) is 5.26 Å². The minimum Gasteiger partial charge on any atom is -0.309 e. The maximum absolute atomic E-state index is 10.7. The normalized spacial score (nSPS) is 13.2. The van der Waals surface area contributed by atoms with Crippen LogP contribution in [0.25, 0.3) is 77.2 Å². The van der Waals surface area contributed by atoms with Gasteiger partial charge in [0.05, 0.1) is 33.3 Å². The van der Waals surface area contributed by atoms with Gasteiger partial charge in [-0.2, -0.15) is 5.26 Å². The van der Waals surface area contributed by atoms with E-state index < -0.39 is 0 Å². The number of hydrogen-bond donors (Lipinski definition) is 0. The maximum atomic E-state index is 10.7. The molecular weight excluding hydrogens is 595 g/mol. The summed E-state index contributed by atoms with van der Waals surface area (Å²) in [5.41, 5.74) is 14.5. The lowest BCUT2D eigenvalue weighted by molar-refractivity contribution is 0.661. The van der Waals surface area contributed by atoms with Gasteiger partial charge in [0.1, 0.15) is 6.07 Å². The molecule has 0 fully saturated rings. The minimum absolute atomic E-state index is 0.116. The zero-order valence-corrected chi connectivity index (χ0v) is 27.3. The summed E-state index contributed by atoms with van der Waals surface area (Å²) in [4.78, 5) is 0. The second-order valence-corrected chi connectivity index (χ2v) is 13.7. The van der Waals surface area contributed by atoms with E-state index in [0.29, 0.717) is 5.56 Å². The third-order valence-corrected chi connectivity index (χ3v) is 10.8. The van der Waals surface area contributed by atoms with Crippen LogP contribution in [0.1, 0.15) is 30.5 Å². The van der Waals surface area contributed by atoms with Crippen LogP contribution in [-0.2, 0) is 5.41 Å². The van der Waals surface area contributed by atoms with Crippen molar-refractivity contribution in [2.24, 2.45) is 0 Å². The van der Waals surface area contributed by atoms with E-state index >= 15 is 0 Å². The molecule has 7 aromatic carbocycles. The van der Waals surface area contributed by atoms with Gasteiger partial charge >= 0.3 is 0 Å². The van der Waals surface area contributed by atoms with E-state index in [1.165, 1.54) is 54.8 Å². The molecule has 0 saturated heterocycles. The summed E-state index contributed by atoms with van der Waals surface area (Å²) in [6, 6.07) is 56.7. The number of hydrogen-bond acceptors (Lipinski definition) is 1. The number of benzene rings is 7. The molecule has 0 N–H and O–H groups in total. The van der Waals surface area contributed by atoms with Crippen LogP contribution in [0.2, 0.25) is 0 Å². The smallest absolute Gasteiger partial charge is 0.101 e. The zero-order valence-electron chi connectivity index (χ0n) is 27.3. The van der Waals surface area contributed by atoms with Gasteiger partial charge in [-0.15, -0.1) is 0 Å². The molecule has 10 rings (SSSR count). The molecule has 0 unspecified atom stereocenters. The molecule has 2 heterocycles. The number of para-hydroxylation sites is 3. The van der Waals surface area contributed by atoms with Crippen LogP contribution in [0.15, 0.2) is 152 Å². The molecule has 1 aliphatic carbocycles. The van der Waals surface area contributed by atoms with E-state index in [1.807, 2.05) is 6.07 Å². The standard InChI is InChI=1S/C46H31N3/c1-46(2)38-15-7-3-14-37(38)44-39(46)25-24-36-35-13-6-10-18-43(35)49(45(36)44)40-26-21-30(27-31(40)28-47)29-19-22-32(23-20-29)48-41-16-8-4-11-33(41)34-12-5-9-17-42(34)48/h3-27H,1-2H3. The molecule has 0 aliphatic heterocycles. The Hall–Kier alpha value is -6.37. The molecule has 49 heavy (non-hydrogen) atoms. The molecule has 0 radical (unpaired) electrons. The third kappa shape index (κ3) is 3.77. The van der Waals surface area contributed by atoms with Crippen LogP contribution in [-0.4, -0.2) is 9.13 Å². The first-order valence-electron chi connectivity index (χ1n) is 16.8. The van der Waals surface area contributed by atoms with Gasteiger partial charge in [-0.1, -0.05) is 123 Å². The van der Waals surface area contributed by atoms with Crippen molar-refractivity contribution >= 4 is 43.6 Å². The Kier molecular flexibility index (Phi) is 5.69. The summed E-state index contributed by atoms with van der Waals surface area (Å²) in [6.45, 7) is 4.64. The van der Waals surface area contributed by atoms with Crippen molar-refractivity contribution in [1.29, 1.82) is 5.26 Å². The number of fused-ring (bicyclic) bond motifs is 10. The van der Waals surface area contributed by atoms with Crippen LogP contribution >= 0.6 is 0 Å². The summed E-state index contributed by atoms with van der Waals surface area (Å²) < 4.78 is 4.66. The molecule has 9 aromatic rings. The molecule has 230 valence electrons. The summed E-state index contributed by atoms with van der Waals surface area (Å²) in [7, 11) is 0. The Labute approximate surface area is 284 Å². The highest BCUT2D eigenvalue weighted by molar-refractivity contribution is 6.16. The minimum atomic E-state index is -0.116. The van der Waals surface area contributed by atoms with Gasteiger partial charge in [0.2, 0.25) is 0 Å². The zero-order chi connectivity index (χ0) is 32.9. The van der Waals surface area contributed by atoms with Crippen molar-refractivity contribution in [2.75, 3.05) is 0 Å². The fourth-order valence-electron chi connectivity index (χ4n) is 8.50. The molecule has 3 heteroatoms. The molecule has 0 spiro atoms. The van der Waals surface area contributed by atoms with Gasteiger partial charge in [-0.05, 0) is 70.3 Å². The second-order valence-electron chi connectivity index (χ2n) is 13.7. The van der Waals surface area contributed by atoms with Gasteiger partial charge in [-0.3, -0.25) is 0 Å². The predicted octanol–water partition coefficient (Wildman–Crippen LogP) is 11.7. The monoisotopic (exact) mass is 625 g/mol. The predicted molar refractivity (Wildman–Crippen MR) is 203 cm³/mol. The van der Waals surface area contributed by atoms with Crippen LogP contribution in [0, 0.1) is 11.3 Å². The second kappa shape index (κ2) is 10.1. The summed E-state index contributed by atoms with van der Waals surface area (Å²) >= 11 is 0. The highest BCUT2D eigenvalue weighted by Gasteiger charge is 2.37. The van der Waals surface area contributed by atoms with Crippen LogP contribution in [0.4, 0.5) is 0 Å². The van der Waals surface area contributed by atoms with Crippen LogP contribution in [0.5, 0.6) is 0 Å². The van der Waals surface area contributed by atoms with Crippen LogP contribution < -0.4 is 0 Å². The molecule has 0 amide bonds. The van der Waals surface area contributed by atoms with Crippen molar-refractivity contribution in [3.63, 3.8) is 0 Å². The van der Waals surface area contributed by atoms with Gasteiger partial charge in [0.25, 0.3) is 0 Å². The summed E-state index contributed by atoms with van der Waals surface area (Å²) in [5.74, 6) is 0. The van der Waals surface area contributed by atoms with Crippen molar-refractivity contribution in [3.8, 4) is 39.7 Å². The first kappa shape index (κ1) is 27.7. The topological polar surface area (TPSA) is 33.6 Å². The highest BCUT2D eigenvalue weighted by atomic mass is 15.0. The van der Waals surface area contributed by atoms with E-state index in [0.717, 1.165) is 33.5 Å². The largest absolute Gasteiger partial charge is 0.309 e. The lowest BCUT2D eigenvalue weighted by Gasteiger charge is -2.21. The van der Waals surface area contributed by atoms with Crippen molar-refractivity contribution in [3.05, 3.63) is 168 Å². The first-order valence-corrected chi connectivity index (χ1v) is 16.8. The maximum Gasteiger partial charge on any atom is 0.101 e. The number of nitrogens with zero attached hydrogens (tertiary/aromatic N) is 3. The highest BCUT2D eigenvalue weighted by Crippen LogP contribution is 2.53. The van der Waals surface area contributed by atoms with E-state index in [1.54, 1.807) is 0 Å². The first-order chi connectivity index (χ1) is 24.0.